The summed E-state index contributed by atoms with van der Waals surface area (Å²) < 4.78 is 0. The summed E-state index contributed by atoms with van der Waals surface area (Å²) in [6, 6.07) is 15.1. The van der Waals surface area contributed by atoms with Gasteiger partial charge < -0.3 is 0 Å². The molecule has 86 valence electrons. The second kappa shape index (κ2) is 4.99. The summed E-state index contributed by atoms with van der Waals surface area (Å²) in [5, 5.41) is 10.7. The van der Waals surface area contributed by atoms with E-state index in [0.717, 1.165) is 0 Å². The van der Waals surface area contributed by atoms with Crippen molar-refractivity contribution in [2.45, 2.75) is 0 Å². The zero-order valence-corrected chi connectivity index (χ0v) is 9.63. The molecule has 1 amide bonds. The standard InChI is InChI=1S/C13H10ClNO2/c14-11-8-4-5-9-12(11)15(17)13(16)10-6-2-1-3-7-10/h1-9,17H. The Morgan fingerprint density at radius 2 is 1.59 bits per heavy atom. The molecule has 0 aromatic heterocycles. The summed E-state index contributed by atoms with van der Waals surface area (Å²) >= 11 is 5.90. The molecule has 0 saturated heterocycles. The third-order valence-electron chi connectivity index (χ3n) is 2.29. The van der Waals surface area contributed by atoms with Crippen molar-refractivity contribution in [3.8, 4) is 0 Å². The number of hydroxylamine groups is 1. The fraction of sp³-hybridized carbons (Fsp3) is 0. The number of halogens is 1. The predicted molar refractivity (Wildman–Crippen MR) is 66.5 cm³/mol. The fourth-order valence-electron chi connectivity index (χ4n) is 1.44. The Bertz CT molecular complexity index is 528. The molecule has 2 rings (SSSR count). The van der Waals surface area contributed by atoms with Crippen LogP contribution >= 0.6 is 11.6 Å². The lowest BCUT2D eigenvalue weighted by Gasteiger charge is -2.16. The number of anilines is 1. The third kappa shape index (κ3) is 2.46. The lowest BCUT2D eigenvalue weighted by Crippen LogP contribution is -2.27. The zero-order valence-electron chi connectivity index (χ0n) is 8.88. The summed E-state index contributed by atoms with van der Waals surface area (Å²) in [5.41, 5.74) is 0.665. The summed E-state index contributed by atoms with van der Waals surface area (Å²) in [5.74, 6) is -0.515. The fourth-order valence-corrected chi connectivity index (χ4v) is 1.65. The van der Waals surface area contributed by atoms with Crippen LogP contribution < -0.4 is 5.06 Å². The Balaban J connectivity index is 2.30. The van der Waals surface area contributed by atoms with Crippen LogP contribution in [0.5, 0.6) is 0 Å². The molecule has 0 atom stereocenters. The van der Waals surface area contributed by atoms with E-state index in [1.165, 1.54) is 0 Å². The van der Waals surface area contributed by atoms with Gasteiger partial charge in [-0.2, -0.15) is 5.06 Å². The van der Waals surface area contributed by atoms with Crippen LogP contribution in [0, 0.1) is 0 Å². The van der Waals surface area contributed by atoms with Gasteiger partial charge in [0.15, 0.2) is 0 Å². The Kier molecular flexibility index (Phi) is 3.42. The molecule has 0 spiro atoms. The van der Waals surface area contributed by atoms with Gasteiger partial charge in [-0.1, -0.05) is 41.9 Å². The number of amides is 1. The normalized spacial score (nSPS) is 10.0. The first-order valence-electron chi connectivity index (χ1n) is 5.03. The number of hydrogen-bond acceptors (Lipinski definition) is 2. The van der Waals surface area contributed by atoms with Gasteiger partial charge in [0, 0.05) is 5.56 Å². The highest BCUT2D eigenvalue weighted by atomic mass is 35.5. The lowest BCUT2D eigenvalue weighted by molar-refractivity contribution is 0.0855. The zero-order chi connectivity index (χ0) is 12.3. The van der Waals surface area contributed by atoms with E-state index in [-0.39, 0.29) is 5.69 Å². The van der Waals surface area contributed by atoms with Crippen molar-refractivity contribution in [1.82, 2.24) is 0 Å². The molecule has 4 heteroatoms. The van der Waals surface area contributed by atoms with Crippen LogP contribution in [-0.4, -0.2) is 11.1 Å². The molecule has 0 unspecified atom stereocenters. The maximum atomic E-state index is 11.9. The molecule has 3 nitrogen and oxygen atoms in total. The van der Waals surface area contributed by atoms with Gasteiger partial charge in [-0.05, 0) is 24.3 Å². The minimum Gasteiger partial charge on any atom is -0.281 e. The highest BCUT2D eigenvalue weighted by molar-refractivity contribution is 6.33. The van der Waals surface area contributed by atoms with Gasteiger partial charge in [-0.15, -0.1) is 0 Å². The largest absolute Gasteiger partial charge is 0.282 e. The first kappa shape index (κ1) is 11.6. The van der Waals surface area contributed by atoms with Crippen LogP contribution in [0.25, 0.3) is 0 Å². The van der Waals surface area contributed by atoms with Gasteiger partial charge in [-0.3, -0.25) is 10.0 Å². The molecule has 0 saturated carbocycles. The van der Waals surface area contributed by atoms with Crippen molar-refractivity contribution in [2.24, 2.45) is 0 Å². The summed E-state index contributed by atoms with van der Waals surface area (Å²) in [7, 11) is 0. The second-order valence-corrected chi connectivity index (χ2v) is 3.84. The van der Waals surface area contributed by atoms with E-state index in [4.69, 9.17) is 11.6 Å². The van der Waals surface area contributed by atoms with Gasteiger partial charge >= 0.3 is 0 Å². The number of benzene rings is 2. The van der Waals surface area contributed by atoms with Crippen LogP contribution in [0.2, 0.25) is 5.02 Å². The van der Waals surface area contributed by atoms with E-state index in [9.17, 15) is 10.0 Å². The predicted octanol–water partition coefficient (Wildman–Crippen LogP) is 3.38. The van der Waals surface area contributed by atoms with Crippen molar-refractivity contribution in [3.05, 3.63) is 65.2 Å². The third-order valence-corrected chi connectivity index (χ3v) is 2.61. The van der Waals surface area contributed by atoms with E-state index < -0.39 is 5.91 Å². The maximum absolute atomic E-state index is 11.9. The van der Waals surface area contributed by atoms with Crippen LogP contribution in [0.15, 0.2) is 54.6 Å². The minimum absolute atomic E-state index is 0.267. The highest BCUT2D eigenvalue weighted by Crippen LogP contribution is 2.25. The molecular weight excluding hydrogens is 238 g/mol. The number of para-hydroxylation sites is 1. The molecule has 0 aliphatic carbocycles. The average Bonchev–Trinajstić information content (AvgIpc) is 2.39. The van der Waals surface area contributed by atoms with Crippen molar-refractivity contribution in [3.63, 3.8) is 0 Å². The Labute approximate surface area is 104 Å². The highest BCUT2D eigenvalue weighted by Gasteiger charge is 2.17. The number of carbonyl (C=O) groups is 1. The molecular formula is C13H10ClNO2. The molecule has 17 heavy (non-hydrogen) atoms. The minimum atomic E-state index is -0.515. The maximum Gasteiger partial charge on any atom is 0.282 e. The van der Waals surface area contributed by atoms with Gasteiger partial charge in [0.1, 0.15) is 0 Å². The van der Waals surface area contributed by atoms with Gasteiger partial charge in [0.25, 0.3) is 5.91 Å². The van der Waals surface area contributed by atoms with E-state index >= 15 is 0 Å². The Morgan fingerprint density at radius 1 is 1.00 bits per heavy atom. The monoisotopic (exact) mass is 247 g/mol. The number of rotatable bonds is 2. The molecule has 0 aliphatic rings. The second-order valence-electron chi connectivity index (χ2n) is 3.43. The van der Waals surface area contributed by atoms with Crippen LogP contribution in [0.3, 0.4) is 0 Å². The lowest BCUT2D eigenvalue weighted by atomic mass is 10.2. The Hall–Kier alpha value is -1.84. The molecule has 0 fully saturated rings. The van der Waals surface area contributed by atoms with Crippen molar-refractivity contribution in [2.75, 3.05) is 5.06 Å². The number of hydrogen-bond donors (Lipinski definition) is 1. The van der Waals surface area contributed by atoms with E-state index in [1.807, 2.05) is 0 Å². The smallest absolute Gasteiger partial charge is 0.281 e. The molecule has 0 heterocycles. The van der Waals surface area contributed by atoms with E-state index in [0.29, 0.717) is 15.6 Å². The van der Waals surface area contributed by atoms with Gasteiger partial charge in [0.05, 0.1) is 10.7 Å². The topological polar surface area (TPSA) is 40.5 Å². The van der Waals surface area contributed by atoms with E-state index in [1.54, 1.807) is 54.6 Å². The van der Waals surface area contributed by atoms with Crippen molar-refractivity contribution >= 4 is 23.2 Å². The first-order valence-corrected chi connectivity index (χ1v) is 5.41. The molecule has 2 aromatic carbocycles. The van der Waals surface area contributed by atoms with Gasteiger partial charge in [-0.25, -0.2) is 0 Å². The summed E-state index contributed by atoms with van der Waals surface area (Å²) in [4.78, 5) is 11.9. The number of carbonyl (C=O) groups excluding carboxylic acids is 1. The van der Waals surface area contributed by atoms with Crippen molar-refractivity contribution in [1.29, 1.82) is 0 Å². The van der Waals surface area contributed by atoms with Gasteiger partial charge in [0.2, 0.25) is 0 Å². The average molecular weight is 248 g/mol. The number of nitrogens with zero attached hydrogens (tertiary/aromatic N) is 1. The molecule has 0 aliphatic heterocycles. The molecule has 0 radical (unpaired) electrons. The Morgan fingerprint density at radius 3 is 2.24 bits per heavy atom. The molecule has 0 bridgehead atoms. The summed E-state index contributed by atoms with van der Waals surface area (Å²) in [6.07, 6.45) is 0. The van der Waals surface area contributed by atoms with E-state index in [2.05, 4.69) is 0 Å². The first-order chi connectivity index (χ1) is 8.20. The SMILES string of the molecule is O=C(c1ccccc1)N(O)c1ccccc1Cl. The molecule has 1 N–H and O–H groups in total. The quantitative estimate of drug-likeness (QED) is 0.653. The van der Waals surface area contributed by atoms with Crippen LogP contribution in [0.1, 0.15) is 10.4 Å². The van der Waals surface area contributed by atoms with Crippen LogP contribution in [-0.2, 0) is 0 Å². The summed E-state index contributed by atoms with van der Waals surface area (Å²) in [6.45, 7) is 0. The molecule has 2 aromatic rings. The van der Waals surface area contributed by atoms with Crippen LogP contribution in [0.4, 0.5) is 5.69 Å². The van der Waals surface area contributed by atoms with Crippen molar-refractivity contribution < 1.29 is 10.0 Å².